The lowest BCUT2D eigenvalue weighted by molar-refractivity contribution is -0.144. The molecule has 1 N–H and O–H groups in total. The number of amides is 2. The molecule has 2 aromatic rings. The molecule has 182 valence electrons. The fraction of sp³-hybridized carbons (Fsp3) is 0.346. The molecule has 2 fully saturated rings. The Morgan fingerprint density at radius 2 is 1.71 bits per heavy atom. The van der Waals surface area contributed by atoms with Crippen LogP contribution in [0, 0.1) is 5.82 Å². The first kappa shape index (κ1) is 23.2. The largest absolute Gasteiger partial charge is 0.507 e. The molecule has 0 bridgehead atoms. The number of para-hydroxylation sites is 1. The van der Waals surface area contributed by atoms with E-state index in [-0.39, 0.29) is 17.7 Å². The van der Waals surface area contributed by atoms with E-state index in [1.165, 1.54) is 21.9 Å². The van der Waals surface area contributed by atoms with Crippen molar-refractivity contribution in [3.05, 3.63) is 71.0 Å². The molecule has 9 heteroatoms. The number of carbonyl (C=O) groups excluding carboxylic acids is 3. The smallest absolute Gasteiger partial charge is 0.296 e. The minimum atomic E-state index is -1.80. The van der Waals surface area contributed by atoms with Gasteiger partial charge in [-0.25, -0.2) is 4.39 Å². The Morgan fingerprint density at radius 1 is 1.03 bits per heavy atom. The maximum absolute atomic E-state index is 14.1. The van der Waals surface area contributed by atoms with Crippen LogP contribution in [0.2, 0.25) is 0 Å². The van der Waals surface area contributed by atoms with Gasteiger partial charge in [-0.3, -0.25) is 19.3 Å². The Morgan fingerprint density at radius 3 is 2.40 bits per heavy atom. The molecule has 1 spiro atoms. The average molecular weight is 480 g/mol. The molecule has 2 aromatic carbocycles. The first-order chi connectivity index (χ1) is 16.9. The average Bonchev–Trinajstić information content (AvgIpc) is 3.26. The van der Waals surface area contributed by atoms with Crippen LogP contribution in [0.5, 0.6) is 0 Å². The van der Waals surface area contributed by atoms with Crippen molar-refractivity contribution < 1.29 is 28.6 Å². The molecule has 35 heavy (non-hydrogen) atoms. The maximum Gasteiger partial charge on any atom is 0.296 e. The number of aliphatic hydroxyl groups is 1. The third-order valence-electron chi connectivity index (χ3n) is 6.99. The second-order valence-corrected chi connectivity index (χ2v) is 8.75. The lowest BCUT2D eigenvalue weighted by Crippen LogP contribution is -2.54. The zero-order valence-electron chi connectivity index (χ0n) is 19.4. The molecule has 1 atom stereocenters. The van der Waals surface area contributed by atoms with Crippen molar-refractivity contribution in [2.24, 2.45) is 0 Å². The number of ether oxygens (including phenoxy) is 1. The maximum atomic E-state index is 14.1. The molecule has 3 aliphatic heterocycles. The first-order valence-electron chi connectivity index (χ1n) is 11.7. The Hall–Kier alpha value is -3.56. The number of ketones is 1. The van der Waals surface area contributed by atoms with Gasteiger partial charge in [-0.1, -0.05) is 18.2 Å². The molecule has 8 nitrogen and oxygen atoms in total. The monoisotopic (exact) mass is 479 g/mol. The highest BCUT2D eigenvalue weighted by Crippen LogP contribution is 2.53. The Kier molecular flexibility index (Phi) is 5.90. The van der Waals surface area contributed by atoms with Gasteiger partial charge >= 0.3 is 0 Å². The summed E-state index contributed by atoms with van der Waals surface area (Å²) in [5.41, 5.74) is -0.882. The fourth-order valence-electron chi connectivity index (χ4n) is 5.30. The molecule has 3 heterocycles. The number of nitrogens with zero attached hydrogens (tertiary/aromatic N) is 3. The topological polar surface area (TPSA) is 90.4 Å². The summed E-state index contributed by atoms with van der Waals surface area (Å²) in [5, 5.41) is 11.3. The minimum Gasteiger partial charge on any atom is -0.507 e. The predicted octanol–water partition coefficient (Wildman–Crippen LogP) is 2.10. The molecular formula is C26H26FN3O5. The molecule has 0 aromatic heterocycles. The molecule has 0 saturated carbocycles. The SMILES string of the molecule is CCN1C(=O)C2(/C(=C(/O)c3ccc(F)cc3)C(=O)C(=O)N2CCN2CCOCC2)c2ccccc21. The Bertz CT molecular complexity index is 1220. The minimum absolute atomic E-state index is 0.113. The van der Waals surface area contributed by atoms with Crippen molar-refractivity contribution in [1.29, 1.82) is 0 Å². The van der Waals surface area contributed by atoms with Crippen LogP contribution in [0.1, 0.15) is 18.1 Å². The number of halogens is 1. The van der Waals surface area contributed by atoms with Gasteiger partial charge in [0.1, 0.15) is 11.6 Å². The van der Waals surface area contributed by atoms with E-state index in [0.717, 1.165) is 12.1 Å². The van der Waals surface area contributed by atoms with Crippen molar-refractivity contribution >= 4 is 29.0 Å². The van der Waals surface area contributed by atoms with Crippen molar-refractivity contribution in [2.75, 3.05) is 50.8 Å². The number of aliphatic hydroxyl groups excluding tert-OH is 1. The van der Waals surface area contributed by atoms with Gasteiger partial charge in [0, 0.05) is 43.9 Å². The number of carbonyl (C=O) groups is 3. The van der Waals surface area contributed by atoms with Crippen LogP contribution in [-0.2, 0) is 24.7 Å². The highest BCUT2D eigenvalue weighted by atomic mass is 19.1. The molecule has 0 radical (unpaired) electrons. The second kappa shape index (κ2) is 8.90. The van der Waals surface area contributed by atoms with Crippen LogP contribution in [-0.4, -0.2) is 78.4 Å². The Labute approximate surface area is 202 Å². The number of fused-ring (bicyclic) bond motifs is 2. The second-order valence-electron chi connectivity index (χ2n) is 8.75. The summed E-state index contributed by atoms with van der Waals surface area (Å²) in [6, 6.07) is 12.0. The van der Waals surface area contributed by atoms with E-state index in [1.807, 2.05) is 6.92 Å². The number of rotatable bonds is 5. The van der Waals surface area contributed by atoms with E-state index in [0.29, 0.717) is 50.6 Å². The Balaban J connectivity index is 1.70. The number of likely N-dealkylation sites (N-methyl/N-ethyl adjacent to an activating group) is 1. The van der Waals surface area contributed by atoms with E-state index in [2.05, 4.69) is 4.90 Å². The lowest BCUT2D eigenvalue weighted by Gasteiger charge is -2.36. The quantitative estimate of drug-likeness (QED) is 0.401. The van der Waals surface area contributed by atoms with E-state index < -0.39 is 34.7 Å². The van der Waals surface area contributed by atoms with Crippen LogP contribution < -0.4 is 4.90 Å². The lowest BCUT2D eigenvalue weighted by atomic mass is 9.82. The van der Waals surface area contributed by atoms with Crippen LogP contribution in [0.4, 0.5) is 10.1 Å². The summed E-state index contributed by atoms with van der Waals surface area (Å²) in [5.74, 6) is -3.26. The van der Waals surface area contributed by atoms with Gasteiger partial charge in [0.05, 0.1) is 24.5 Å². The highest BCUT2D eigenvalue weighted by molar-refractivity contribution is 6.50. The number of hydrogen-bond donors (Lipinski definition) is 1. The van der Waals surface area contributed by atoms with E-state index in [9.17, 15) is 23.9 Å². The van der Waals surface area contributed by atoms with Crippen LogP contribution in [0.3, 0.4) is 0 Å². The summed E-state index contributed by atoms with van der Waals surface area (Å²) in [6.45, 7) is 5.18. The summed E-state index contributed by atoms with van der Waals surface area (Å²) < 4.78 is 19.0. The molecule has 1 unspecified atom stereocenters. The van der Waals surface area contributed by atoms with Gasteiger partial charge in [-0.05, 0) is 37.3 Å². The number of anilines is 1. The zero-order chi connectivity index (χ0) is 24.7. The standard InChI is InChI=1S/C26H26FN3O5/c1-2-29-20-6-4-3-5-19(20)26(25(29)34)21(22(31)17-7-9-18(27)10-8-17)23(32)24(33)30(26)12-11-28-13-15-35-16-14-28/h3-10,31H,2,11-16H2,1H3/b22-21+. The zero-order valence-corrected chi connectivity index (χ0v) is 19.4. The highest BCUT2D eigenvalue weighted by Gasteiger charge is 2.66. The van der Waals surface area contributed by atoms with Crippen LogP contribution >= 0.6 is 0 Å². The number of hydrogen-bond acceptors (Lipinski definition) is 6. The van der Waals surface area contributed by atoms with Crippen molar-refractivity contribution in [1.82, 2.24) is 9.80 Å². The molecule has 2 amide bonds. The predicted molar refractivity (Wildman–Crippen MR) is 126 cm³/mol. The molecular weight excluding hydrogens is 453 g/mol. The van der Waals surface area contributed by atoms with Crippen molar-refractivity contribution in [3.63, 3.8) is 0 Å². The van der Waals surface area contributed by atoms with Crippen LogP contribution in [0.25, 0.3) is 5.76 Å². The van der Waals surface area contributed by atoms with Gasteiger partial charge in [0.15, 0.2) is 5.54 Å². The normalized spacial score (nSPS) is 24.0. The van der Waals surface area contributed by atoms with Crippen molar-refractivity contribution in [3.8, 4) is 0 Å². The summed E-state index contributed by atoms with van der Waals surface area (Å²) >= 11 is 0. The number of benzene rings is 2. The van der Waals surface area contributed by atoms with E-state index in [4.69, 9.17) is 4.74 Å². The molecule has 0 aliphatic carbocycles. The molecule has 5 rings (SSSR count). The first-order valence-corrected chi connectivity index (χ1v) is 11.7. The third kappa shape index (κ3) is 3.45. The van der Waals surface area contributed by atoms with Gasteiger partial charge in [0.2, 0.25) is 0 Å². The van der Waals surface area contributed by atoms with Gasteiger partial charge in [0.25, 0.3) is 17.6 Å². The number of morpholine rings is 1. The summed E-state index contributed by atoms with van der Waals surface area (Å²) in [7, 11) is 0. The van der Waals surface area contributed by atoms with E-state index >= 15 is 0 Å². The molecule has 3 aliphatic rings. The number of Topliss-reactive ketones (excluding diaryl/α,β-unsaturated/α-hetero) is 1. The molecule has 2 saturated heterocycles. The van der Waals surface area contributed by atoms with Gasteiger partial charge in [-0.2, -0.15) is 0 Å². The summed E-state index contributed by atoms with van der Waals surface area (Å²) in [6.07, 6.45) is 0. The van der Waals surface area contributed by atoms with Gasteiger partial charge in [-0.15, -0.1) is 0 Å². The van der Waals surface area contributed by atoms with Gasteiger partial charge < -0.3 is 19.6 Å². The third-order valence-corrected chi connectivity index (χ3v) is 6.99. The van der Waals surface area contributed by atoms with E-state index in [1.54, 1.807) is 24.3 Å². The van der Waals surface area contributed by atoms with Crippen molar-refractivity contribution in [2.45, 2.75) is 12.5 Å². The fourth-order valence-corrected chi connectivity index (χ4v) is 5.30. The number of likely N-dealkylation sites (tertiary alicyclic amines) is 1. The van der Waals surface area contributed by atoms with Crippen LogP contribution in [0.15, 0.2) is 54.1 Å². The summed E-state index contributed by atoms with van der Waals surface area (Å²) in [4.78, 5) is 46.0.